The quantitative estimate of drug-likeness (QED) is 0.895. The molecule has 2 unspecified atom stereocenters. The fourth-order valence-electron chi connectivity index (χ4n) is 2.59. The fraction of sp³-hybridized carbons (Fsp3) is 0.692. The lowest BCUT2D eigenvalue weighted by molar-refractivity contribution is 0.0244. The first-order valence-electron chi connectivity index (χ1n) is 6.44. The SMILES string of the molecule is C[C@H]1CC(NCC2(O)CCOC2)c2ccsc2S1. The van der Waals surface area contributed by atoms with Gasteiger partial charge in [-0.3, -0.25) is 0 Å². The highest BCUT2D eigenvalue weighted by molar-refractivity contribution is 8.01. The summed E-state index contributed by atoms with van der Waals surface area (Å²) >= 11 is 3.80. The van der Waals surface area contributed by atoms with Crippen LogP contribution in [-0.4, -0.2) is 35.7 Å². The number of hydrogen-bond acceptors (Lipinski definition) is 5. The molecule has 2 aliphatic rings. The van der Waals surface area contributed by atoms with Crippen molar-refractivity contribution in [2.45, 2.75) is 40.9 Å². The van der Waals surface area contributed by atoms with Crippen LogP contribution in [0, 0.1) is 0 Å². The maximum Gasteiger partial charge on any atom is 0.103 e. The summed E-state index contributed by atoms with van der Waals surface area (Å²) in [6.07, 6.45) is 1.87. The van der Waals surface area contributed by atoms with Gasteiger partial charge in [0.05, 0.1) is 10.8 Å². The van der Waals surface area contributed by atoms with Crippen LogP contribution < -0.4 is 5.32 Å². The third-order valence-corrected chi connectivity index (χ3v) is 6.01. The maximum absolute atomic E-state index is 10.3. The molecule has 1 saturated heterocycles. The molecule has 3 rings (SSSR count). The minimum absolute atomic E-state index is 0.382. The highest BCUT2D eigenvalue weighted by Gasteiger charge is 2.34. The molecule has 3 nitrogen and oxygen atoms in total. The van der Waals surface area contributed by atoms with Crippen molar-refractivity contribution in [2.75, 3.05) is 19.8 Å². The van der Waals surface area contributed by atoms with Gasteiger partial charge in [0.2, 0.25) is 0 Å². The molecule has 0 bridgehead atoms. The molecule has 3 heterocycles. The Morgan fingerprint density at radius 1 is 1.61 bits per heavy atom. The number of aliphatic hydroxyl groups is 1. The molecular weight excluding hydrogens is 266 g/mol. The summed E-state index contributed by atoms with van der Waals surface area (Å²) in [6, 6.07) is 2.60. The molecule has 2 aliphatic heterocycles. The average Bonchev–Trinajstić information content (AvgIpc) is 2.95. The van der Waals surface area contributed by atoms with Gasteiger partial charge in [-0.1, -0.05) is 6.92 Å². The van der Waals surface area contributed by atoms with Crippen LogP contribution in [0.25, 0.3) is 0 Å². The Morgan fingerprint density at radius 3 is 3.28 bits per heavy atom. The number of ether oxygens (including phenoxy) is 1. The van der Waals surface area contributed by atoms with Gasteiger partial charge in [0.25, 0.3) is 0 Å². The second kappa shape index (κ2) is 5.13. The van der Waals surface area contributed by atoms with Gasteiger partial charge in [0.1, 0.15) is 5.60 Å². The lowest BCUT2D eigenvalue weighted by Crippen LogP contribution is -2.43. The van der Waals surface area contributed by atoms with E-state index in [4.69, 9.17) is 4.74 Å². The zero-order chi connectivity index (χ0) is 12.6. The Bertz CT molecular complexity index is 415. The van der Waals surface area contributed by atoms with E-state index in [9.17, 15) is 5.11 Å². The highest BCUT2D eigenvalue weighted by atomic mass is 32.2. The van der Waals surface area contributed by atoms with Gasteiger partial charge in [0, 0.05) is 30.9 Å². The summed E-state index contributed by atoms with van der Waals surface area (Å²) < 4.78 is 6.71. The first kappa shape index (κ1) is 12.9. The maximum atomic E-state index is 10.3. The van der Waals surface area contributed by atoms with Crippen molar-refractivity contribution in [1.29, 1.82) is 0 Å². The zero-order valence-corrected chi connectivity index (χ0v) is 12.1. The zero-order valence-electron chi connectivity index (χ0n) is 10.5. The third kappa shape index (κ3) is 2.60. The number of rotatable bonds is 3. The molecule has 0 saturated carbocycles. The number of hydrogen-bond donors (Lipinski definition) is 2. The summed E-state index contributed by atoms with van der Waals surface area (Å²) in [7, 11) is 0. The molecule has 5 heteroatoms. The molecule has 18 heavy (non-hydrogen) atoms. The van der Waals surface area contributed by atoms with Crippen molar-refractivity contribution in [3.63, 3.8) is 0 Å². The van der Waals surface area contributed by atoms with Crippen molar-refractivity contribution in [1.82, 2.24) is 5.32 Å². The van der Waals surface area contributed by atoms with Crippen molar-refractivity contribution >= 4 is 23.1 Å². The number of thiophene rings is 1. The van der Waals surface area contributed by atoms with Crippen LogP contribution in [0.4, 0.5) is 0 Å². The van der Waals surface area contributed by atoms with Gasteiger partial charge in [-0.2, -0.15) is 0 Å². The van der Waals surface area contributed by atoms with Crippen molar-refractivity contribution in [2.24, 2.45) is 0 Å². The normalized spacial score (nSPS) is 35.7. The van der Waals surface area contributed by atoms with Crippen molar-refractivity contribution in [3.8, 4) is 0 Å². The van der Waals surface area contributed by atoms with Gasteiger partial charge in [-0.05, 0) is 23.4 Å². The minimum atomic E-state index is -0.663. The van der Waals surface area contributed by atoms with E-state index in [0.717, 1.165) is 12.8 Å². The third-order valence-electron chi connectivity index (χ3n) is 3.67. The van der Waals surface area contributed by atoms with Crippen LogP contribution in [0.1, 0.15) is 31.4 Å². The van der Waals surface area contributed by atoms with E-state index in [1.54, 1.807) is 0 Å². The van der Waals surface area contributed by atoms with Gasteiger partial charge in [-0.15, -0.1) is 23.1 Å². The van der Waals surface area contributed by atoms with Crippen LogP contribution in [0.2, 0.25) is 0 Å². The Labute approximate surface area is 116 Å². The van der Waals surface area contributed by atoms with Gasteiger partial charge in [-0.25, -0.2) is 0 Å². The molecule has 1 aromatic heterocycles. The van der Waals surface area contributed by atoms with E-state index in [1.807, 2.05) is 23.1 Å². The van der Waals surface area contributed by atoms with E-state index >= 15 is 0 Å². The summed E-state index contributed by atoms with van der Waals surface area (Å²) in [5.41, 5.74) is 0.745. The van der Waals surface area contributed by atoms with E-state index in [2.05, 4.69) is 23.7 Å². The van der Waals surface area contributed by atoms with Crippen molar-refractivity contribution < 1.29 is 9.84 Å². The lowest BCUT2D eigenvalue weighted by atomic mass is 10.0. The molecule has 0 aliphatic carbocycles. The second-order valence-electron chi connectivity index (χ2n) is 5.29. The van der Waals surface area contributed by atoms with Gasteiger partial charge >= 0.3 is 0 Å². The van der Waals surface area contributed by atoms with E-state index in [0.29, 0.717) is 31.1 Å². The smallest absolute Gasteiger partial charge is 0.103 e. The molecule has 1 fully saturated rings. The molecule has 0 radical (unpaired) electrons. The summed E-state index contributed by atoms with van der Waals surface area (Å²) in [5, 5.41) is 16.6. The summed E-state index contributed by atoms with van der Waals surface area (Å²) in [5.74, 6) is 0. The predicted octanol–water partition coefficient (Wildman–Crippen LogP) is 2.41. The largest absolute Gasteiger partial charge is 0.386 e. The summed E-state index contributed by atoms with van der Waals surface area (Å²) in [6.45, 7) is 4.05. The molecule has 100 valence electrons. The number of thioether (sulfide) groups is 1. The predicted molar refractivity (Wildman–Crippen MR) is 75.4 cm³/mol. The van der Waals surface area contributed by atoms with Gasteiger partial charge in [0.15, 0.2) is 0 Å². The van der Waals surface area contributed by atoms with E-state index < -0.39 is 5.60 Å². The monoisotopic (exact) mass is 285 g/mol. The van der Waals surface area contributed by atoms with Crippen molar-refractivity contribution in [3.05, 3.63) is 17.0 Å². The van der Waals surface area contributed by atoms with Crippen LogP contribution >= 0.6 is 23.1 Å². The first-order valence-corrected chi connectivity index (χ1v) is 8.20. The molecule has 2 N–H and O–H groups in total. The fourth-order valence-corrected chi connectivity index (χ4v) is 5.16. The van der Waals surface area contributed by atoms with Crippen LogP contribution in [0.5, 0.6) is 0 Å². The second-order valence-corrected chi connectivity index (χ2v) is 7.91. The molecule has 3 atom stereocenters. The molecule has 0 amide bonds. The Balaban J connectivity index is 1.66. The number of fused-ring (bicyclic) bond motifs is 1. The number of nitrogens with one attached hydrogen (secondary N) is 1. The molecule has 0 spiro atoms. The van der Waals surface area contributed by atoms with E-state index in [1.165, 1.54) is 9.77 Å². The topological polar surface area (TPSA) is 41.5 Å². The highest BCUT2D eigenvalue weighted by Crippen LogP contribution is 2.43. The molecule has 0 aromatic carbocycles. The van der Waals surface area contributed by atoms with Crippen LogP contribution in [0.3, 0.4) is 0 Å². The first-order chi connectivity index (χ1) is 8.66. The summed E-state index contributed by atoms with van der Waals surface area (Å²) in [4.78, 5) is 0. The Morgan fingerprint density at radius 2 is 2.50 bits per heavy atom. The lowest BCUT2D eigenvalue weighted by Gasteiger charge is -2.30. The Hall–Kier alpha value is -0.0700. The molecular formula is C13H19NO2S2. The molecule has 1 aromatic rings. The van der Waals surface area contributed by atoms with E-state index in [-0.39, 0.29) is 0 Å². The van der Waals surface area contributed by atoms with Gasteiger partial charge < -0.3 is 15.2 Å². The Kier molecular flexibility index (Phi) is 3.69. The average molecular weight is 285 g/mol. The van der Waals surface area contributed by atoms with Crippen LogP contribution in [0.15, 0.2) is 15.7 Å². The standard InChI is InChI=1S/C13H19NO2S2/c1-9-6-11(10-2-5-17-12(10)18-9)14-7-13(15)3-4-16-8-13/h2,5,9,11,14-15H,3-4,6-8H2,1H3/t9-,11?,13?/m0/s1. The minimum Gasteiger partial charge on any atom is -0.386 e. The van der Waals surface area contributed by atoms with Crippen LogP contribution in [-0.2, 0) is 4.74 Å².